The summed E-state index contributed by atoms with van der Waals surface area (Å²) in [5, 5.41) is 12.3. The summed E-state index contributed by atoms with van der Waals surface area (Å²) >= 11 is 9.45. The molecule has 0 radical (unpaired) electrons. The van der Waals surface area contributed by atoms with Crippen LogP contribution < -0.4 is 5.43 Å². The van der Waals surface area contributed by atoms with E-state index in [0.717, 1.165) is 23.1 Å². The minimum Gasteiger partial charge on any atom is -0.272 e. The Morgan fingerprint density at radius 2 is 1.89 bits per heavy atom. The van der Waals surface area contributed by atoms with Crippen LogP contribution >= 0.6 is 62.1 Å². The molecule has 27 heavy (non-hydrogen) atoms. The zero-order valence-electron chi connectivity index (χ0n) is 14.2. The summed E-state index contributed by atoms with van der Waals surface area (Å²) in [6.07, 6.45) is 1.63. The normalized spacial score (nSPS) is 11.2. The Balaban J connectivity index is 1.40. The smallest absolute Gasteiger partial charge is 0.250 e. The Hall–Kier alpha value is -1.20. The fraction of sp³-hybridized carbons (Fsp3) is 0.176. The Bertz CT molecular complexity index is 923. The number of carbonyl (C=O) groups is 1. The van der Waals surface area contributed by atoms with Gasteiger partial charge in [-0.25, -0.2) is 5.43 Å². The third kappa shape index (κ3) is 7.04. The number of rotatable bonds is 8. The number of thiophene rings is 1. The molecule has 0 atom stereocenters. The van der Waals surface area contributed by atoms with Crippen LogP contribution in [-0.2, 0) is 10.5 Å². The number of hydrogen-bond acceptors (Lipinski definition) is 8. The molecule has 0 aliphatic rings. The molecule has 0 saturated carbocycles. The van der Waals surface area contributed by atoms with Crippen LogP contribution in [0, 0.1) is 6.92 Å². The first-order valence-electron chi connectivity index (χ1n) is 7.80. The number of halogens is 1. The largest absolute Gasteiger partial charge is 0.272 e. The number of nitrogens with zero attached hydrogens (tertiary/aromatic N) is 3. The molecule has 0 fully saturated rings. The van der Waals surface area contributed by atoms with E-state index < -0.39 is 0 Å². The van der Waals surface area contributed by atoms with Gasteiger partial charge in [-0.1, -0.05) is 64.7 Å². The third-order valence-corrected chi connectivity index (χ3v) is 7.99. The number of benzene rings is 1. The molecule has 0 aliphatic carbocycles. The average Bonchev–Trinajstić information content (AvgIpc) is 3.28. The van der Waals surface area contributed by atoms with Gasteiger partial charge in [-0.15, -0.1) is 21.5 Å². The van der Waals surface area contributed by atoms with Crippen LogP contribution in [0.1, 0.15) is 16.0 Å². The van der Waals surface area contributed by atoms with E-state index in [1.165, 1.54) is 34.2 Å². The molecule has 1 N–H and O–H groups in total. The molecule has 0 unspecified atom stereocenters. The van der Waals surface area contributed by atoms with Gasteiger partial charge in [-0.05, 0) is 40.5 Å². The van der Waals surface area contributed by atoms with Crippen molar-refractivity contribution in [1.82, 2.24) is 15.6 Å². The number of amides is 1. The lowest BCUT2D eigenvalue weighted by molar-refractivity contribution is -0.118. The zero-order chi connectivity index (χ0) is 19.1. The van der Waals surface area contributed by atoms with E-state index in [1.54, 1.807) is 29.3 Å². The molecule has 1 aromatic carbocycles. The molecule has 140 valence electrons. The maximum atomic E-state index is 11.9. The Morgan fingerprint density at radius 1 is 1.15 bits per heavy atom. The number of hydrazone groups is 1. The lowest BCUT2D eigenvalue weighted by Gasteiger charge is -1.99. The minimum atomic E-state index is -0.170. The summed E-state index contributed by atoms with van der Waals surface area (Å²) < 4.78 is 2.71. The van der Waals surface area contributed by atoms with Crippen LogP contribution in [0.3, 0.4) is 0 Å². The third-order valence-electron chi connectivity index (χ3n) is 3.17. The second kappa shape index (κ2) is 10.4. The van der Waals surface area contributed by atoms with Gasteiger partial charge in [0.05, 0.1) is 15.8 Å². The highest BCUT2D eigenvalue weighted by Crippen LogP contribution is 2.30. The quantitative estimate of drug-likeness (QED) is 0.262. The highest BCUT2D eigenvalue weighted by atomic mass is 79.9. The van der Waals surface area contributed by atoms with Crippen LogP contribution in [0.15, 0.2) is 54.0 Å². The fourth-order valence-electron chi connectivity index (χ4n) is 1.87. The Labute approximate surface area is 182 Å². The number of aromatic nitrogens is 2. The van der Waals surface area contributed by atoms with Crippen molar-refractivity contribution in [2.45, 2.75) is 21.4 Å². The van der Waals surface area contributed by atoms with E-state index in [2.05, 4.69) is 67.8 Å². The molecule has 0 bridgehead atoms. The highest BCUT2D eigenvalue weighted by molar-refractivity contribution is 9.11. The fourth-order valence-corrected chi connectivity index (χ4v) is 5.93. The van der Waals surface area contributed by atoms with Crippen molar-refractivity contribution in [3.8, 4) is 0 Å². The van der Waals surface area contributed by atoms with E-state index in [9.17, 15) is 4.79 Å². The van der Waals surface area contributed by atoms with Gasteiger partial charge in [-0.2, -0.15) is 5.10 Å². The Kier molecular flexibility index (Phi) is 7.89. The van der Waals surface area contributed by atoms with Crippen LogP contribution in [0.25, 0.3) is 0 Å². The highest BCUT2D eigenvalue weighted by Gasteiger charge is 2.08. The second-order valence-electron chi connectivity index (χ2n) is 5.33. The maximum Gasteiger partial charge on any atom is 0.250 e. The van der Waals surface area contributed by atoms with Crippen molar-refractivity contribution in [2.75, 3.05) is 5.75 Å². The van der Waals surface area contributed by atoms with Crippen molar-refractivity contribution in [3.05, 3.63) is 56.2 Å². The number of hydrogen-bond donors (Lipinski definition) is 1. The van der Waals surface area contributed by atoms with Gasteiger partial charge in [0.1, 0.15) is 0 Å². The molecule has 10 heteroatoms. The average molecular weight is 500 g/mol. The van der Waals surface area contributed by atoms with E-state index >= 15 is 0 Å². The second-order valence-corrected chi connectivity index (χ2v) is 11.2. The van der Waals surface area contributed by atoms with E-state index in [0.29, 0.717) is 0 Å². The van der Waals surface area contributed by atoms with Crippen LogP contribution in [0.5, 0.6) is 0 Å². The first-order chi connectivity index (χ1) is 13.1. The van der Waals surface area contributed by atoms with Gasteiger partial charge >= 0.3 is 0 Å². The number of thioether (sulfide) groups is 2. The predicted octanol–water partition coefficient (Wildman–Crippen LogP) is 5.21. The van der Waals surface area contributed by atoms with Crippen LogP contribution in [0.4, 0.5) is 0 Å². The summed E-state index contributed by atoms with van der Waals surface area (Å²) in [5.41, 5.74) is 5.03. The Morgan fingerprint density at radius 3 is 2.59 bits per heavy atom. The first kappa shape index (κ1) is 20.5. The van der Waals surface area contributed by atoms with Crippen molar-refractivity contribution in [3.63, 3.8) is 0 Å². The van der Waals surface area contributed by atoms with Crippen LogP contribution in [0.2, 0.25) is 0 Å². The lowest BCUT2D eigenvalue weighted by Crippen LogP contribution is -2.19. The molecule has 2 aromatic heterocycles. The van der Waals surface area contributed by atoms with Gasteiger partial charge in [0, 0.05) is 10.6 Å². The maximum absolute atomic E-state index is 11.9. The van der Waals surface area contributed by atoms with Crippen molar-refractivity contribution in [1.29, 1.82) is 0 Å². The molecular formula is C17H15BrN4OS4. The van der Waals surface area contributed by atoms with Crippen molar-refractivity contribution in [2.24, 2.45) is 5.10 Å². The molecule has 0 aliphatic heterocycles. The van der Waals surface area contributed by atoms with E-state index in [-0.39, 0.29) is 11.7 Å². The van der Waals surface area contributed by atoms with Gasteiger partial charge < -0.3 is 0 Å². The zero-order valence-corrected chi connectivity index (χ0v) is 19.1. The molecule has 1 amide bonds. The van der Waals surface area contributed by atoms with Gasteiger partial charge in [0.25, 0.3) is 5.91 Å². The molecule has 3 aromatic rings. The van der Waals surface area contributed by atoms with Crippen molar-refractivity contribution >= 4 is 74.2 Å². The predicted molar refractivity (Wildman–Crippen MR) is 119 cm³/mol. The van der Waals surface area contributed by atoms with Crippen LogP contribution in [-0.4, -0.2) is 28.1 Å². The molecule has 2 heterocycles. The lowest BCUT2D eigenvalue weighted by atomic mass is 10.2. The summed E-state index contributed by atoms with van der Waals surface area (Å²) in [6.45, 7) is 2.08. The summed E-state index contributed by atoms with van der Waals surface area (Å²) in [4.78, 5) is 12.8. The monoisotopic (exact) mass is 498 g/mol. The first-order valence-corrected chi connectivity index (χ1v) is 12.2. The van der Waals surface area contributed by atoms with Crippen molar-refractivity contribution < 1.29 is 4.79 Å². The number of nitrogens with one attached hydrogen (secondary N) is 1. The number of aryl methyl sites for hydroxylation is 1. The molecule has 0 saturated heterocycles. The van der Waals surface area contributed by atoms with Gasteiger partial charge in [-0.3, -0.25) is 4.79 Å². The molecule has 0 spiro atoms. The molecule has 5 nitrogen and oxygen atoms in total. The SMILES string of the molecule is Cc1ccc(CSc2nnc(SCC(=O)N/N=C\c3ccc(Br)s3)s2)cc1. The molecule has 3 rings (SSSR count). The standard InChI is InChI=1S/C17H15BrN4OS4/c1-11-2-4-12(5-3-11)9-24-16-21-22-17(27-16)25-10-15(23)20-19-8-13-6-7-14(18)26-13/h2-8H,9-10H2,1H3,(H,20,23)/b19-8-. The summed E-state index contributed by atoms with van der Waals surface area (Å²) in [6, 6.07) is 12.3. The van der Waals surface area contributed by atoms with Gasteiger partial charge in [0.2, 0.25) is 0 Å². The van der Waals surface area contributed by atoms with Gasteiger partial charge in [0.15, 0.2) is 8.68 Å². The summed E-state index contributed by atoms with van der Waals surface area (Å²) in [7, 11) is 0. The topological polar surface area (TPSA) is 67.2 Å². The minimum absolute atomic E-state index is 0.170. The van der Waals surface area contributed by atoms with E-state index in [1.807, 2.05) is 12.1 Å². The molecular weight excluding hydrogens is 484 g/mol. The number of carbonyl (C=O) groups excluding carboxylic acids is 1. The summed E-state index contributed by atoms with van der Waals surface area (Å²) in [5.74, 6) is 0.937. The van der Waals surface area contributed by atoms with E-state index in [4.69, 9.17) is 0 Å².